The summed E-state index contributed by atoms with van der Waals surface area (Å²) in [5.74, 6) is -0.0835. The summed E-state index contributed by atoms with van der Waals surface area (Å²) in [6.07, 6.45) is 0.713. The molecule has 0 aliphatic carbocycles. The van der Waals surface area contributed by atoms with E-state index in [1.807, 2.05) is 13.8 Å². The average Bonchev–Trinajstić information content (AvgIpc) is 2.29. The lowest BCUT2D eigenvalue weighted by molar-refractivity contribution is -0.123. The molecular formula is C12H23N3O3. The minimum atomic E-state index is -0.0460. The third kappa shape index (κ3) is 6.56. The zero-order valence-corrected chi connectivity index (χ0v) is 11.1. The van der Waals surface area contributed by atoms with E-state index in [1.165, 1.54) is 0 Å². The van der Waals surface area contributed by atoms with Crippen molar-refractivity contribution < 1.29 is 14.3 Å². The van der Waals surface area contributed by atoms with Crippen LogP contribution in [0.3, 0.4) is 0 Å². The molecule has 104 valence electrons. The van der Waals surface area contributed by atoms with Gasteiger partial charge in [0.1, 0.15) is 0 Å². The van der Waals surface area contributed by atoms with Gasteiger partial charge in [-0.15, -0.1) is 0 Å². The van der Waals surface area contributed by atoms with E-state index in [-0.39, 0.29) is 23.9 Å². The Hall–Kier alpha value is -1.14. The predicted molar refractivity (Wildman–Crippen MR) is 68.1 cm³/mol. The van der Waals surface area contributed by atoms with Gasteiger partial charge in [-0.3, -0.25) is 9.59 Å². The highest BCUT2D eigenvalue weighted by molar-refractivity contribution is 5.79. The number of morpholine rings is 1. The van der Waals surface area contributed by atoms with E-state index >= 15 is 0 Å². The lowest BCUT2D eigenvalue weighted by Crippen LogP contribution is -2.44. The molecule has 1 unspecified atom stereocenters. The van der Waals surface area contributed by atoms with Gasteiger partial charge in [0, 0.05) is 38.0 Å². The molecular weight excluding hydrogens is 234 g/mol. The Labute approximate surface area is 108 Å². The van der Waals surface area contributed by atoms with Crippen LogP contribution in [-0.4, -0.2) is 50.2 Å². The molecule has 1 aliphatic rings. The third-order valence-electron chi connectivity index (χ3n) is 2.55. The molecule has 0 bridgehead atoms. The topological polar surface area (TPSA) is 79.5 Å². The van der Waals surface area contributed by atoms with Crippen LogP contribution in [0.25, 0.3) is 0 Å². The Kier molecular flexibility index (Phi) is 6.67. The molecule has 1 atom stereocenters. The van der Waals surface area contributed by atoms with E-state index < -0.39 is 0 Å². The molecule has 1 aliphatic heterocycles. The first-order valence-electron chi connectivity index (χ1n) is 6.45. The maximum atomic E-state index is 11.6. The first-order chi connectivity index (χ1) is 8.58. The number of ether oxygens (including phenoxy) is 1. The third-order valence-corrected chi connectivity index (χ3v) is 2.55. The Morgan fingerprint density at radius 3 is 2.78 bits per heavy atom. The Balaban J connectivity index is 2.07. The number of rotatable bonds is 6. The molecule has 0 saturated carbocycles. The lowest BCUT2D eigenvalue weighted by Gasteiger charge is -2.23. The van der Waals surface area contributed by atoms with E-state index in [0.717, 1.165) is 6.54 Å². The second-order valence-corrected chi connectivity index (χ2v) is 4.75. The molecule has 3 N–H and O–H groups in total. The van der Waals surface area contributed by atoms with Crippen molar-refractivity contribution in [2.24, 2.45) is 0 Å². The van der Waals surface area contributed by atoms with Crippen molar-refractivity contribution in [3.05, 3.63) is 0 Å². The number of carbonyl (C=O) groups excluding carboxylic acids is 2. The van der Waals surface area contributed by atoms with Crippen LogP contribution in [0, 0.1) is 0 Å². The van der Waals surface area contributed by atoms with E-state index in [2.05, 4.69) is 16.0 Å². The Morgan fingerprint density at radius 2 is 2.17 bits per heavy atom. The van der Waals surface area contributed by atoms with E-state index in [4.69, 9.17) is 4.74 Å². The summed E-state index contributed by atoms with van der Waals surface area (Å²) in [6.45, 7) is 6.25. The number of nitrogens with one attached hydrogen (secondary N) is 3. The van der Waals surface area contributed by atoms with Crippen molar-refractivity contribution in [3.8, 4) is 0 Å². The van der Waals surface area contributed by atoms with Crippen molar-refractivity contribution in [1.82, 2.24) is 16.0 Å². The van der Waals surface area contributed by atoms with Gasteiger partial charge in [-0.2, -0.15) is 0 Å². The molecule has 6 nitrogen and oxygen atoms in total. The second-order valence-electron chi connectivity index (χ2n) is 4.75. The van der Waals surface area contributed by atoms with Crippen molar-refractivity contribution in [2.45, 2.75) is 38.8 Å². The minimum absolute atomic E-state index is 0.0376. The normalized spacial score (nSPS) is 19.6. The fourth-order valence-corrected chi connectivity index (χ4v) is 1.76. The molecule has 2 amide bonds. The fourth-order valence-electron chi connectivity index (χ4n) is 1.76. The molecule has 18 heavy (non-hydrogen) atoms. The van der Waals surface area contributed by atoms with E-state index in [1.54, 1.807) is 0 Å². The van der Waals surface area contributed by atoms with Crippen LogP contribution < -0.4 is 16.0 Å². The second kappa shape index (κ2) is 8.05. The van der Waals surface area contributed by atoms with Gasteiger partial charge in [-0.1, -0.05) is 0 Å². The SMILES string of the molecule is CC(C)NC(=O)CCNC(=O)CC1COCCN1. The molecule has 0 aromatic carbocycles. The monoisotopic (exact) mass is 257 g/mol. The maximum absolute atomic E-state index is 11.6. The van der Waals surface area contributed by atoms with Gasteiger partial charge in [-0.25, -0.2) is 0 Å². The van der Waals surface area contributed by atoms with Gasteiger partial charge in [0.15, 0.2) is 0 Å². The smallest absolute Gasteiger partial charge is 0.221 e. The summed E-state index contributed by atoms with van der Waals surface area (Å²) in [6, 6.07) is 0.222. The number of amides is 2. The maximum Gasteiger partial charge on any atom is 0.221 e. The summed E-state index contributed by atoms with van der Waals surface area (Å²) in [5.41, 5.74) is 0. The van der Waals surface area contributed by atoms with Crippen LogP contribution in [0.15, 0.2) is 0 Å². The molecule has 1 fully saturated rings. The summed E-state index contributed by atoms with van der Waals surface area (Å²) in [4.78, 5) is 22.9. The highest BCUT2D eigenvalue weighted by atomic mass is 16.5. The molecule has 0 spiro atoms. The standard InChI is InChI=1S/C12H23N3O3/c1-9(2)15-11(16)3-4-14-12(17)7-10-8-18-6-5-13-10/h9-10,13H,3-8H2,1-2H3,(H,14,17)(H,15,16). The van der Waals surface area contributed by atoms with Crippen molar-refractivity contribution in [1.29, 1.82) is 0 Å². The zero-order chi connectivity index (χ0) is 13.4. The van der Waals surface area contributed by atoms with Crippen LogP contribution in [0.5, 0.6) is 0 Å². The van der Waals surface area contributed by atoms with Gasteiger partial charge in [0.2, 0.25) is 11.8 Å². The molecule has 6 heteroatoms. The summed E-state index contributed by atoms with van der Waals surface area (Å²) in [5, 5.41) is 8.72. The first-order valence-corrected chi connectivity index (χ1v) is 6.45. The number of hydrogen-bond donors (Lipinski definition) is 3. The molecule has 0 radical (unpaired) electrons. The van der Waals surface area contributed by atoms with Gasteiger partial charge in [-0.05, 0) is 13.8 Å². The lowest BCUT2D eigenvalue weighted by atomic mass is 10.2. The largest absolute Gasteiger partial charge is 0.378 e. The minimum Gasteiger partial charge on any atom is -0.378 e. The Bertz CT molecular complexity index is 276. The predicted octanol–water partition coefficient (Wildman–Crippen LogP) is -0.604. The van der Waals surface area contributed by atoms with Crippen LogP contribution in [-0.2, 0) is 14.3 Å². The van der Waals surface area contributed by atoms with Crippen LogP contribution in [0.2, 0.25) is 0 Å². The molecule has 1 saturated heterocycles. The molecule has 1 rings (SSSR count). The van der Waals surface area contributed by atoms with Gasteiger partial charge < -0.3 is 20.7 Å². The van der Waals surface area contributed by atoms with E-state index in [0.29, 0.717) is 32.6 Å². The average molecular weight is 257 g/mol. The zero-order valence-electron chi connectivity index (χ0n) is 11.1. The Morgan fingerprint density at radius 1 is 1.39 bits per heavy atom. The summed E-state index contributed by atoms with van der Waals surface area (Å²) >= 11 is 0. The van der Waals surface area contributed by atoms with Crippen molar-refractivity contribution in [3.63, 3.8) is 0 Å². The van der Waals surface area contributed by atoms with Crippen LogP contribution in [0.4, 0.5) is 0 Å². The van der Waals surface area contributed by atoms with Gasteiger partial charge >= 0.3 is 0 Å². The highest BCUT2D eigenvalue weighted by Gasteiger charge is 2.16. The number of carbonyl (C=O) groups is 2. The van der Waals surface area contributed by atoms with Crippen LogP contribution >= 0.6 is 0 Å². The van der Waals surface area contributed by atoms with Crippen LogP contribution in [0.1, 0.15) is 26.7 Å². The first kappa shape index (κ1) is 14.9. The quantitative estimate of drug-likeness (QED) is 0.593. The number of hydrogen-bond acceptors (Lipinski definition) is 4. The molecule has 0 aromatic heterocycles. The fraction of sp³-hybridized carbons (Fsp3) is 0.833. The van der Waals surface area contributed by atoms with Gasteiger partial charge in [0.25, 0.3) is 0 Å². The summed E-state index contributed by atoms with van der Waals surface area (Å²) in [7, 11) is 0. The van der Waals surface area contributed by atoms with Crippen molar-refractivity contribution in [2.75, 3.05) is 26.3 Å². The molecule has 0 aromatic rings. The summed E-state index contributed by atoms with van der Waals surface area (Å²) < 4.78 is 5.26. The van der Waals surface area contributed by atoms with Gasteiger partial charge in [0.05, 0.1) is 13.2 Å². The van der Waals surface area contributed by atoms with E-state index in [9.17, 15) is 9.59 Å². The molecule has 1 heterocycles. The highest BCUT2D eigenvalue weighted by Crippen LogP contribution is 1.98. The van der Waals surface area contributed by atoms with Crippen molar-refractivity contribution >= 4 is 11.8 Å².